The maximum atomic E-state index is 14.7. The number of amides is 2. The molecule has 0 spiro atoms. The number of rotatable bonds is 5. The van der Waals surface area contributed by atoms with Crippen LogP contribution in [0, 0.1) is 11.7 Å². The van der Waals surface area contributed by atoms with Crippen LogP contribution >= 0.6 is 0 Å². The fraction of sp³-hybridized carbons (Fsp3) is 0.333. The maximum absolute atomic E-state index is 14.7. The number of hydrogen-bond donors (Lipinski definition) is 1. The van der Waals surface area contributed by atoms with Gasteiger partial charge in [0, 0.05) is 25.6 Å². The molecule has 0 saturated carbocycles. The summed E-state index contributed by atoms with van der Waals surface area (Å²) in [6, 6.07) is 18.4. The van der Waals surface area contributed by atoms with Crippen LogP contribution in [0.3, 0.4) is 0 Å². The third-order valence-corrected chi connectivity index (χ3v) is 6.99. The fourth-order valence-corrected chi connectivity index (χ4v) is 5.20. The van der Waals surface area contributed by atoms with E-state index in [0.717, 1.165) is 16.3 Å². The SMILES string of the molecule is C[C@H](c1cccc2ccccc12)N(CC1CN(C(=O)C(F)(F)F)CCC1c1ccccc1F)C(=O)O. The Labute approximate surface area is 205 Å². The van der Waals surface area contributed by atoms with Gasteiger partial charge in [-0.15, -0.1) is 0 Å². The number of carboxylic acid groups (broad SMARTS) is 1. The number of nitrogens with zero attached hydrogens (tertiary/aromatic N) is 2. The molecule has 1 N–H and O–H groups in total. The molecule has 2 amide bonds. The van der Waals surface area contributed by atoms with Crippen LogP contribution in [-0.2, 0) is 4.79 Å². The summed E-state index contributed by atoms with van der Waals surface area (Å²) in [5, 5.41) is 11.9. The molecule has 1 saturated heterocycles. The van der Waals surface area contributed by atoms with Crippen LogP contribution in [0.4, 0.5) is 22.4 Å². The highest BCUT2D eigenvalue weighted by atomic mass is 19.4. The Morgan fingerprint density at radius 1 is 1.06 bits per heavy atom. The molecule has 190 valence electrons. The van der Waals surface area contributed by atoms with Crippen molar-refractivity contribution in [2.24, 2.45) is 5.92 Å². The first-order chi connectivity index (χ1) is 17.1. The monoisotopic (exact) mass is 502 g/mol. The number of likely N-dealkylation sites (tertiary alicyclic amines) is 1. The van der Waals surface area contributed by atoms with Crippen molar-refractivity contribution in [3.05, 3.63) is 83.7 Å². The quantitative estimate of drug-likeness (QED) is 0.422. The third-order valence-electron chi connectivity index (χ3n) is 6.99. The zero-order valence-corrected chi connectivity index (χ0v) is 19.6. The lowest BCUT2D eigenvalue weighted by Gasteiger charge is -2.42. The van der Waals surface area contributed by atoms with Gasteiger partial charge >= 0.3 is 18.2 Å². The molecule has 0 radical (unpaired) electrons. The normalized spacial score (nSPS) is 19.2. The number of piperidine rings is 1. The van der Waals surface area contributed by atoms with E-state index >= 15 is 0 Å². The number of hydrogen-bond acceptors (Lipinski definition) is 2. The molecule has 1 aliphatic rings. The summed E-state index contributed by atoms with van der Waals surface area (Å²) in [5.41, 5.74) is 1.06. The molecule has 1 aliphatic heterocycles. The summed E-state index contributed by atoms with van der Waals surface area (Å²) < 4.78 is 54.2. The van der Waals surface area contributed by atoms with Gasteiger partial charge in [0.05, 0.1) is 6.04 Å². The van der Waals surface area contributed by atoms with E-state index in [1.807, 2.05) is 42.5 Å². The van der Waals surface area contributed by atoms with Crippen molar-refractivity contribution < 1.29 is 32.3 Å². The minimum Gasteiger partial charge on any atom is -0.465 e. The smallest absolute Gasteiger partial charge is 0.465 e. The average molecular weight is 503 g/mol. The minimum absolute atomic E-state index is 0.0868. The van der Waals surface area contributed by atoms with Crippen LogP contribution in [0.25, 0.3) is 10.8 Å². The molecule has 0 aromatic heterocycles. The topological polar surface area (TPSA) is 60.9 Å². The molecule has 3 atom stereocenters. The van der Waals surface area contributed by atoms with Crippen molar-refractivity contribution in [1.82, 2.24) is 9.80 Å². The summed E-state index contributed by atoms with van der Waals surface area (Å²) in [7, 11) is 0. The Balaban J connectivity index is 1.69. The molecule has 9 heteroatoms. The van der Waals surface area contributed by atoms with E-state index in [2.05, 4.69) is 0 Å². The van der Waals surface area contributed by atoms with Crippen molar-refractivity contribution in [2.75, 3.05) is 19.6 Å². The van der Waals surface area contributed by atoms with E-state index in [4.69, 9.17) is 0 Å². The summed E-state index contributed by atoms with van der Waals surface area (Å²) in [4.78, 5) is 26.3. The van der Waals surface area contributed by atoms with E-state index in [-0.39, 0.29) is 26.1 Å². The first-order valence-electron chi connectivity index (χ1n) is 11.7. The zero-order valence-electron chi connectivity index (χ0n) is 19.6. The van der Waals surface area contributed by atoms with Crippen LogP contribution in [-0.4, -0.2) is 52.7 Å². The van der Waals surface area contributed by atoms with Crippen molar-refractivity contribution >= 4 is 22.8 Å². The molecule has 0 aliphatic carbocycles. The van der Waals surface area contributed by atoms with Gasteiger partial charge in [0.2, 0.25) is 0 Å². The Kier molecular flexibility index (Phi) is 7.19. The third kappa shape index (κ3) is 5.15. The largest absolute Gasteiger partial charge is 0.471 e. The van der Waals surface area contributed by atoms with Crippen LogP contribution in [0.15, 0.2) is 66.7 Å². The van der Waals surface area contributed by atoms with Crippen molar-refractivity contribution in [2.45, 2.75) is 31.5 Å². The summed E-state index contributed by atoms with van der Waals surface area (Å²) in [5.74, 6) is -3.77. The molecule has 1 fully saturated rings. The van der Waals surface area contributed by atoms with Crippen molar-refractivity contribution in [1.29, 1.82) is 0 Å². The van der Waals surface area contributed by atoms with Gasteiger partial charge in [-0.2, -0.15) is 13.2 Å². The first kappa shape index (κ1) is 25.5. The van der Waals surface area contributed by atoms with E-state index in [1.165, 1.54) is 17.0 Å². The number of fused-ring (bicyclic) bond motifs is 1. The highest BCUT2D eigenvalue weighted by Gasteiger charge is 2.46. The van der Waals surface area contributed by atoms with Crippen molar-refractivity contribution in [3.63, 3.8) is 0 Å². The Bertz CT molecular complexity index is 1260. The van der Waals surface area contributed by atoms with Gasteiger partial charge in [-0.3, -0.25) is 4.79 Å². The number of carbonyl (C=O) groups excluding carboxylic acids is 1. The fourth-order valence-electron chi connectivity index (χ4n) is 5.20. The Morgan fingerprint density at radius 3 is 2.42 bits per heavy atom. The van der Waals surface area contributed by atoms with Crippen LogP contribution in [0.2, 0.25) is 0 Å². The van der Waals surface area contributed by atoms with Gasteiger partial charge < -0.3 is 14.9 Å². The standard InChI is InChI=1S/C27H26F4N2O3/c1-17(20-11-6-8-18-7-2-3-9-21(18)20)33(26(35)36)16-19-15-32(25(34)27(29,30)31)14-13-22(19)23-10-4-5-12-24(23)28/h2-12,17,19,22H,13-16H2,1H3,(H,35,36)/t17-,19?,22?/m1/s1. The van der Waals surface area contributed by atoms with Gasteiger partial charge in [-0.05, 0) is 47.2 Å². The molecule has 2 unspecified atom stereocenters. The van der Waals surface area contributed by atoms with Gasteiger partial charge in [0.15, 0.2) is 0 Å². The molecule has 5 nitrogen and oxygen atoms in total. The van der Waals surface area contributed by atoms with Crippen LogP contribution in [0.1, 0.15) is 36.4 Å². The van der Waals surface area contributed by atoms with Gasteiger partial charge in [-0.25, -0.2) is 9.18 Å². The predicted octanol–water partition coefficient (Wildman–Crippen LogP) is 6.21. The summed E-state index contributed by atoms with van der Waals surface area (Å²) in [6.07, 6.45) is -6.20. The van der Waals surface area contributed by atoms with E-state index in [9.17, 15) is 32.3 Å². The zero-order chi connectivity index (χ0) is 26.0. The highest BCUT2D eigenvalue weighted by Crippen LogP contribution is 2.38. The van der Waals surface area contributed by atoms with Gasteiger partial charge in [0.25, 0.3) is 0 Å². The molecule has 0 bridgehead atoms. The van der Waals surface area contributed by atoms with Crippen LogP contribution in [0.5, 0.6) is 0 Å². The molecular formula is C27H26F4N2O3. The number of benzene rings is 3. The number of carbonyl (C=O) groups is 2. The lowest BCUT2D eigenvalue weighted by atomic mass is 9.79. The second-order valence-electron chi connectivity index (χ2n) is 9.10. The molecule has 3 aromatic carbocycles. The maximum Gasteiger partial charge on any atom is 0.471 e. The first-order valence-corrected chi connectivity index (χ1v) is 11.7. The molecular weight excluding hydrogens is 476 g/mol. The molecule has 1 heterocycles. The van der Waals surface area contributed by atoms with Gasteiger partial charge in [0.1, 0.15) is 5.82 Å². The number of halogens is 4. The lowest BCUT2D eigenvalue weighted by molar-refractivity contribution is -0.187. The Hall–Kier alpha value is -3.62. The second kappa shape index (κ2) is 10.2. The van der Waals surface area contributed by atoms with E-state index in [0.29, 0.717) is 10.5 Å². The molecule has 4 rings (SSSR count). The lowest BCUT2D eigenvalue weighted by Crippen LogP contribution is -2.51. The predicted molar refractivity (Wildman–Crippen MR) is 127 cm³/mol. The number of alkyl halides is 3. The highest BCUT2D eigenvalue weighted by molar-refractivity contribution is 5.86. The second-order valence-corrected chi connectivity index (χ2v) is 9.10. The van der Waals surface area contributed by atoms with Crippen molar-refractivity contribution in [3.8, 4) is 0 Å². The molecule has 3 aromatic rings. The summed E-state index contributed by atoms with van der Waals surface area (Å²) in [6.45, 7) is 1.03. The minimum atomic E-state index is -5.04. The summed E-state index contributed by atoms with van der Waals surface area (Å²) >= 11 is 0. The Morgan fingerprint density at radius 2 is 1.72 bits per heavy atom. The molecule has 36 heavy (non-hydrogen) atoms. The van der Waals surface area contributed by atoms with E-state index < -0.39 is 41.9 Å². The van der Waals surface area contributed by atoms with Gasteiger partial charge in [-0.1, -0.05) is 60.7 Å². The van der Waals surface area contributed by atoms with Crippen LogP contribution < -0.4 is 0 Å². The van der Waals surface area contributed by atoms with E-state index in [1.54, 1.807) is 19.1 Å². The average Bonchev–Trinajstić information content (AvgIpc) is 2.85.